The van der Waals surface area contributed by atoms with Gasteiger partial charge in [-0.3, -0.25) is 10.1 Å². The molecular weight excluding hydrogens is 218 g/mol. The van der Waals surface area contributed by atoms with E-state index in [1.165, 1.54) is 0 Å². The molecule has 0 bridgehead atoms. The highest BCUT2D eigenvalue weighted by Crippen LogP contribution is 2.13. The molecule has 2 rings (SSSR count). The molecule has 1 aliphatic heterocycles. The first-order valence-electron chi connectivity index (χ1n) is 4.59. The molecular formula is C10H8F2N2O2. The third-order valence-electron chi connectivity index (χ3n) is 2.24. The third kappa shape index (κ3) is 2.00. The minimum atomic E-state index is -0.603. The number of nitrogens with one attached hydrogen (secondary N) is 1. The molecule has 84 valence electrons. The van der Waals surface area contributed by atoms with Gasteiger partial charge in [-0.1, -0.05) is 0 Å². The van der Waals surface area contributed by atoms with Gasteiger partial charge < -0.3 is 4.90 Å². The molecule has 1 fully saturated rings. The van der Waals surface area contributed by atoms with Crippen molar-refractivity contribution in [2.24, 2.45) is 0 Å². The van der Waals surface area contributed by atoms with Crippen molar-refractivity contribution in [1.82, 2.24) is 10.2 Å². The fourth-order valence-electron chi connectivity index (χ4n) is 1.48. The van der Waals surface area contributed by atoms with Gasteiger partial charge in [0.25, 0.3) is 0 Å². The molecule has 0 saturated carbocycles. The normalized spacial score (nSPS) is 15.5. The minimum Gasteiger partial charge on any atom is -0.311 e. The molecule has 1 heterocycles. The molecule has 3 amide bonds. The molecule has 1 aliphatic rings. The van der Waals surface area contributed by atoms with Crippen LogP contribution in [0.25, 0.3) is 0 Å². The summed E-state index contributed by atoms with van der Waals surface area (Å²) in [5.41, 5.74) is 0.0462. The number of rotatable bonds is 2. The number of amides is 3. The van der Waals surface area contributed by atoms with Gasteiger partial charge in [0.15, 0.2) is 0 Å². The first-order valence-corrected chi connectivity index (χ1v) is 4.59. The summed E-state index contributed by atoms with van der Waals surface area (Å²) < 4.78 is 26.1. The van der Waals surface area contributed by atoms with E-state index in [1.807, 2.05) is 0 Å². The highest BCUT2D eigenvalue weighted by Gasteiger charge is 2.27. The molecule has 16 heavy (non-hydrogen) atoms. The average Bonchev–Trinajstić information content (AvgIpc) is 2.51. The second-order valence-corrected chi connectivity index (χ2v) is 3.45. The van der Waals surface area contributed by atoms with Crippen LogP contribution in [0.4, 0.5) is 13.6 Å². The number of halogens is 2. The Morgan fingerprint density at radius 1 is 1.31 bits per heavy atom. The quantitative estimate of drug-likeness (QED) is 0.765. The predicted molar refractivity (Wildman–Crippen MR) is 50.3 cm³/mol. The van der Waals surface area contributed by atoms with E-state index in [4.69, 9.17) is 0 Å². The number of urea groups is 1. The Morgan fingerprint density at radius 2 is 2.06 bits per heavy atom. The predicted octanol–water partition coefficient (Wildman–Crippen LogP) is 1.02. The number of nitrogens with zero attached hydrogens (tertiary/aromatic N) is 1. The number of carbonyl (C=O) groups excluding carboxylic acids is 2. The van der Waals surface area contributed by atoms with Crippen molar-refractivity contribution < 1.29 is 18.4 Å². The van der Waals surface area contributed by atoms with Crippen molar-refractivity contribution in [3.05, 3.63) is 35.4 Å². The van der Waals surface area contributed by atoms with Crippen molar-refractivity contribution in [2.45, 2.75) is 6.54 Å². The van der Waals surface area contributed by atoms with E-state index >= 15 is 0 Å². The van der Waals surface area contributed by atoms with Gasteiger partial charge in [-0.15, -0.1) is 0 Å². The molecule has 0 radical (unpaired) electrons. The molecule has 1 saturated heterocycles. The van der Waals surface area contributed by atoms with Crippen LogP contribution >= 0.6 is 0 Å². The third-order valence-corrected chi connectivity index (χ3v) is 2.24. The highest BCUT2D eigenvalue weighted by atomic mass is 19.1. The lowest BCUT2D eigenvalue weighted by Gasteiger charge is -2.13. The Kier molecular flexibility index (Phi) is 2.55. The summed E-state index contributed by atoms with van der Waals surface area (Å²) in [6.45, 7) is -0.254. The molecule has 0 unspecified atom stereocenters. The molecule has 0 spiro atoms. The molecule has 6 heteroatoms. The maximum atomic E-state index is 13.2. The van der Waals surface area contributed by atoms with Gasteiger partial charge >= 0.3 is 6.03 Å². The lowest BCUT2D eigenvalue weighted by atomic mass is 10.2. The van der Waals surface area contributed by atoms with Crippen LogP contribution in [0.5, 0.6) is 0 Å². The summed E-state index contributed by atoms with van der Waals surface area (Å²) in [5.74, 6) is -1.63. The maximum Gasteiger partial charge on any atom is 0.324 e. The van der Waals surface area contributed by atoms with Crippen LogP contribution in [0.15, 0.2) is 18.2 Å². The number of carbonyl (C=O) groups is 2. The Labute approximate surface area is 89.8 Å². The molecule has 0 atom stereocenters. The van der Waals surface area contributed by atoms with Gasteiger partial charge in [0.1, 0.15) is 18.2 Å². The Hall–Kier alpha value is -1.98. The molecule has 4 nitrogen and oxygen atoms in total. The summed E-state index contributed by atoms with van der Waals surface area (Å²) in [6.07, 6.45) is 0. The SMILES string of the molecule is O=C1CN(Cc2cc(F)ccc2F)C(=O)N1. The Bertz CT molecular complexity index is 462. The number of hydrogen-bond acceptors (Lipinski definition) is 2. The Morgan fingerprint density at radius 3 is 2.69 bits per heavy atom. The molecule has 1 N–H and O–H groups in total. The van der Waals surface area contributed by atoms with E-state index in [1.54, 1.807) is 0 Å². The monoisotopic (exact) mass is 226 g/mol. The van der Waals surface area contributed by atoms with E-state index < -0.39 is 23.6 Å². The van der Waals surface area contributed by atoms with Crippen LogP contribution in [0.2, 0.25) is 0 Å². The molecule has 1 aromatic rings. The lowest BCUT2D eigenvalue weighted by Crippen LogP contribution is -2.28. The summed E-state index contributed by atoms with van der Waals surface area (Å²) >= 11 is 0. The highest BCUT2D eigenvalue weighted by molar-refractivity contribution is 6.01. The number of benzene rings is 1. The fourth-order valence-corrected chi connectivity index (χ4v) is 1.48. The van der Waals surface area contributed by atoms with Crippen molar-refractivity contribution in [3.8, 4) is 0 Å². The first kappa shape index (κ1) is 10.5. The number of hydrogen-bond donors (Lipinski definition) is 1. The van der Waals surface area contributed by atoms with E-state index in [2.05, 4.69) is 5.32 Å². The summed E-state index contributed by atoms with van der Waals surface area (Å²) in [5, 5.41) is 2.05. The van der Waals surface area contributed by atoms with Crippen molar-refractivity contribution in [1.29, 1.82) is 0 Å². The van der Waals surface area contributed by atoms with Gasteiger partial charge in [0, 0.05) is 5.56 Å². The molecule has 0 aromatic heterocycles. The van der Waals surface area contributed by atoms with E-state index in [-0.39, 0.29) is 18.7 Å². The van der Waals surface area contributed by atoms with Gasteiger partial charge in [0.2, 0.25) is 5.91 Å². The van der Waals surface area contributed by atoms with E-state index in [0.29, 0.717) is 0 Å². The largest absolute Gasteiger partial charge is 0.324 e. The molecule has 0 aliphatic carbocycles. The topological polar surface area (TPSA) is 49.4 Å². The van der Waals surface area contributed by atoms with Gasteiger partial charge in [-0.05, 0) is 18.2 Å². The van der Waals surface area contributed by atoms with Crippen LogP contribution in [0.1, 0.15) is 5.56 Å². The zero-order valence-corrected chi connectivity index (χ0v) is 8.17. The number of imide groups is 1. The molecule has 1 aromatic carbocycles. The fraction of sp³-hybridized carbons (Fsp3) is 0.200. The lowest BCUT2D eigenvalue weighted by molar-refractivity contribution is -0.118. The maximum absolute atomic E-state index is 13.2. The van der Waals surface area contributed by atoms with Crippen molar-refractivity contribution in [2.75, 3.05) is 6.54 Å². The second-order valence-electron chi connectivity index (χ2n) is 3.45. The standard InChI is InChI=1S/C10H8F2N2O2/c11-7-1-2-8(12)6(3-7)4-14-5-9(15)13-10(14)16/h1-3H,4-5H2,(H,13,15,16). The van der Waals surface area contributed by atoms with Crippen molar-refractivity contribution in [3.63, 3.8) is 0 Å². The van der Waals surface area contributed by atoms with Gasteiger partial charge in [-0.25, -0.2) is 13.6 Å². The smallest absolute Gasteiger partial charge is 0.311 e. The zero-order valence-electron chi connectivity index (χ0n) is 8.17. The van der Waals surface area contributed by atoms with Gasteiger partial charge in [0.05, 0.1) is 6.54 Å². The summed E-state index contributed by atoms with van der Waals surface area (Å²) in [7, 11) is 0. The average molecular weight is 226 g/mol. The van der Waals surface area contributed by atoms with Crippen LogP contribution in [0, 0.1) is 11.6 Å². The minimum absolute atomic E-state index is 0.0462. The van der Waals surface area contributed by atoms with E-state index in [0.717, 1.165) is 23.1 Å². The summed E-state index contributed by atoms with van der Waals surface area (Å²) in [6, 6.07) is 2.40. The van der Waals surface area contributed by atoms with E-state index in [9.17, 15) is 18.4 Å². The van der Waals surface area contributed by atoms with Gasteiger partial charge in [-0.2, -0.15) is 0 Å². The summed E-state index contributed by atoms with van der Waals surface area (Å²) in [4.78, 5) is 23.1. The van der Waals surface area contributed by atoms with Crippen molar-refractivity contribution >= 4 is 11.9 Å². The Balaban J connectivity index is 2.18. The van der Waals surface area contributed by atoms with Crippen LogP contribution in [-0.4, -0.2) is 23.4 Å². The van der Waals surface area contributed by atoms with Crippen LogP contribution in [0.3, 0.4) is 0 Å². The zero-order chi connectivity index (χ0) is 11.7. The van der Waals surface area contributed by atoms with Crippen LogP contribution in [-0.2, 0) is 11.3 Å². The first-order chi connectivity index (χ1) is 7.56. The van der Waals surface area contributed by atoms with Crippen LogP contribution < -0.4 is 5.32 Å². The second kappa shape index (κ2) is 3.88.